The summed E-state index contributed by atoms with van der Waals surface area (Å²) in [6, 6.07) is 0.968. The number of likely N-dealkylation sites (N-methyl/N-ethyl adjacent to an activating group) is 2. The van der Waals surface area contributed by atoms with Crippen LogP contribution in [0.4, 0.5) is 0 Å². The highest BCUT2D eigenvalue weighted by Crippen LogP contribution is 2.15. The van der Waals surface area contributed by atoms with E-state index in [9.17, 15) is 4.79 Å². The fourth-order valence-corrected chi connectivity index (χ4v) is 1.96. The van der Waals surface area contributed by atoms with E-state index in [2.05, 4.69) is 29.5 Å². The van der Waals surface area contributed by atoms with Gasteiger partial charge in [-0.25, -0.2) is 0 Å². The molecule has 82 valence electrons. The molecule has 0 spiro atoms. The summed E-state index contributed by atoms with van der Waals surface area (Å²) in [6.45, 7) is 5.15. The molecule has 2 unspecified atom stereocenters. The molecule has 1 saturated heterocycles. The van der Waals surface area contributed by atoms with E-state index in [0.717, 1.165) is 13.0 Å². The van der Waals surface area contributed by atoms with Gasteiger partial charge in [0, 0.05) is 25.7 Å². The Morgan fingerprint density at radius 3 is 2.64 bits per heavy atom. The highest BCUT2D eigenvalue weighted by Gasteiger charge is 2.27. The van der Waals surface area contributed by atoms with Crippen LogP contribution in [0.5, 0.6) is 0 Å². The van der Waals surface area contributed by atoms with Crippen LogP contribution >= 0.6 is 0 Å². The second kappa shape index (κ2) is 4.75. The zero-order valence-electron chi connectivity index (χ0n) is 9.50. The number of rotatable bonds is 3. The zero-order chi connectivity index (χ0) is 10.7. The number of carbonyl (C=O) groups is 1. The standard InChI is InChI=1S/C10H21N3O/c1-7-5-9(6-13(7)4)12-8(2)10(14)11-3/h7-9,12H,5-6H2,1-4H3,(H,11,14)/t7?,8-,9?/m1/s1. The third-order valence-corrected chi connectivity index (χ3v) is 3.01. The summed E-state index contributed by atoms with van der Waals surface area (Å²) in [4.78, 5) is 13.6. The molecule has 1 aliphatic rings. The summed E-state index contributed by atoms with van der Waals surface area (Å²) in [5, 5.41) is 5.98. The number of amides is 1. The third-order valence-electron chi connectivity index (χ3n) is 3.01. The number of hydrogen-bond acceptors (Lipinski definition) is 3. The molecule has 0 aliphatic carbocycles. The predicted octanol–water partition coefficient (Wildman–Crippen LogP) is -0.197. The van der Waals surface area contributed by atoms with Crippen LogP contribution in [0.15, 0.2) is 0 Å². The lowest BCUT2D eigenvalue weighted by atomic mass is 10.1. The first kappa shape index (κ1) is 11.5. The van der Waals surface area contributed by atoms with E-state index in [-0.39, 0.29) is 11.9 Å². The van der Waals surface area contributed by atoms with Crippen LogP contribution in [0.1, 0.15) is 20.3 Å². The van der Waals surface area contributed by atoms with Crippen molar-refractivity contribution in [2.75, 3.05) is 20.6 Å². The average molecular weight is 199 g/mol. The first-order chi connectivity index (χ1) is 6.54. The molecule has 0 aromatic rings. The molecule has 4 heteroatoms. The van der Waals surface area contributed by atoms with E-state index in [4.69, 9.17) is 0 Å². The maximum Gasteiger partial charge on any atom is 0.236 e. The average Bonchev–Trinajstić information content (AvgIpc) is 2.44. The van der Waals surface area contributed by atoms with Crippen molar-refractivity contribution in [3.63, 3.8) is 0 Å². The summed E-state index contributed by atoms with van der Waals surface area (Å²) in [5.74, 6) is 0.0622. The van der Waals surface area contributed by atoms with Gasteiger partial charge in [-0.05, 0) is 27.3 Å². The fourth-order valence-electron chi connectivity index (χ4n) is 1.96. The van der Waals surface area contributed by atoms with Gasteiger partial charge in [0.1, 0.15) is 0 Å². The molecular formula is C10H21N3O. The minimum absolute atomic E-state index is 0.0622. The number of carbonyl (C=O) groups excluding carboxylic acids is 1. The Morgan fingerprint density at radius 1 is 1.57 bits per heavy atom. The first-order valence-corrected chi connectivity index (χ1v) is 5.22. The predicted molar refractivity (Wildman–Crippen MR) is 57.2 cm³/mol. The second-order valence-electron chi connectivity index (χ2n) is 4.22. The van der Waals surface area contributed by atoms with Crippen molar-refractivity contribution in [3.8, 4) is 0 Å². The van der Waals surface area contributed by atoms with Crippen LogP contribution in [0.2, 0.25) is 0 Å². The second-order valence-corrected chi connectivity index (χ2v) is 4.22. The van der Waals surface area contributed by atoms with E-state index >= 15 is 0 Å². The lowest BCUT2D eigenvalue weighted by Gasteiger charge is -2.17. The molecule has 2 N–H and O–H groups in total. The Labute approximate surface area is 86.0 Å². The molecular weight excluding hydrogens is 178 g/mol. The summed E-state index contributed by atoms with van der Waals surface area (Å²) in [7, 11) is 3.79. The molecule has 1 heterocycles. The van der Waals surface area contributed by atoms with E-state index in [1.165, 1.54) is 0 Å². The summed E-state index contributed by atoms with van der Waals surface area (Å²) in [6.07, 6.45) is 1.12. The normalized spacial score (nSPS) is 30.3. The van der Waals surface area contributed by atoms with Crippen LogP contribution in [0.3, 0.4) is 0 Å². The van der Waals surface area contributed by atoms with Crippen LogP contribution in [-0.4, -0.2) is 49.6 Å². The van der Waals surface area contributed by atoms with Crippen LogP contribution in [-0.2, 0) is 4.79 Å². The minimum atomic E-state index is -0.0938. The van der Waals surface area contributed by atoms with E-state index in [0.29, 0.717) is 12.1 Å². The smallest absolute Gasteiger partial charge is 0.236 e. The van der Waals surface area contributed by atoms with Gasteiger partial charge in [-0.2, -0.15) is 0 Å². The molecule has 1 rings (SSSR count). The van der Waals surface area contributed by atoms with Gasteiger partial charge >= 0.3 is 0 Å². The van der Waals surface area contributed by atoms with Crippen LogP contribution in [0.25, 0.3) is 0 Å². The fraction of sp³-hybridized carbons (Fsp3) is 0.900. The third kappa shape index (κ3) is 2.69. The summed E-state index contributed by atoms with van der Waals surface area (Å²) < 4.78 is 0. The van der Waals surface area contributed by atoms with Crippen molar-refractivity contribution in [1.29, 1.82) is 0 Å². The van der Waals surface area contributed by atoms with Gasteiger partial charge in [0.05, 0.1) is 6.04 Å². The molecule has 1 amide bonds. The highest BCUT2D eigenvalue weighted by atomic mass is 16.2. The maximum absolute atomic E-state index is 11.3. The Hall–Kier alpha value is -0.610. The van der Waals surface area contributed by atoms with Crippen molar-refractivity contribution < 1.29 is 4.79 Å². The quantitative estimate of drug-likeness (QED) is 0.662. The lowest BCUT2D eigenvalue weighted by molar-refractivity contribution is -0.122. The number of nitrogens with zero attached hydrogens (tertiary/aromatic N) is 1. The molecule has 4 nitrogen and oxygen atoms in total. The Bertz CT molecular complexity index is 198. The molecule has 3 atom stereocenters. The maximum atomic E-state index is 11.3. The molecule has 0 aromatic heterocycles. The number of nitrogens with one attached hydrogen (secondary N) is 2. The highest BCUT2D eigenvalue weighted by molar-refractivity contribution is 5.80. The van der Waals surface area contributed by atoms with Crippen molar-refractivity contribution in [1.82, 2.24) is 15.5 Å². The minimum Gasteiger partial charge on any atom is -0.358 e. The molecule has 1 aliphatic heterocycles. The van der Waals surface area contributed by atoms with Crippen LogP contribution in [0, 0.1) is 0 Å². The molecule has 14 heavy (non-hydrogen) atoms. The van der Waals surface area contributed by atoms with Gasteiger partial charge in [0.15, 0.2) is 0 Å². The Kier molecular flexibility index (Phi) is 3.89. The van der Waals surface area contributed by atoms with E-state index in [1.807, 2.05) is 6.92 Å². The summed E-state index contributed by atoms with van der Waals surface area (Å²) in [5.41, 5.74) is 0. The molecule has 0 aromatic carbocycles. The molecule has 0 radical (unpaired) electrons. The molecule has 0 bridgehead atoms. The van der Waals surface area contributed by atoms with E-state index in [1.54, 1.807) is 7.05 Å². The largest absolute Gasteiger partial charge is 0.358 e. The number of hydrogen-bond donors (Lipinski definition) is 2. The zero-order valence-corrected chi connectivity index (χ0v) is 9.50. The van der Waals surface area contributed by atoms with Gasteiger partial charge in [-0.3, -0.25) is 4.79 Å². The first-order valence-electron chi connectivity index (χ1n) is 5.22. The lowest BCUT2D eigenvalue weighted by Crippen LogP contribution is -2.46. The summed E-state index contributed by atoms with van der Waals surface area (Å²) >= 11 is 0. The molecule has 1 fully saturated rings. The van der Waals surface area contributed by atoms with Gasteiger partial charge in [-0.1, -0.05) is 0 Å². The van der Waals surface area contributed by atoms with Crippen molar-refractivity contribution in [2.24, 2.45) is 0 Å². The van der Waals surface area contributed by atoms with Crippen LogP contribution < -0.4 is 10.6 Å². The molecule has 0 saturated carbocycles. The van der Waals surface area contributed by atoms with Crippen molar-refractivity contribution >= 4 is 5.91 Å². The Morgan fingerprint density at radius 2 is 2.21 bits per heavy atom. The van der Waals surface area contributed by atoms with Crippen molar-refractivity contribution in [3.05, 3.63) is 0 Å². The van der Waals surface area contributed by atoms with Gasteiger partial charge in [0.2, 0.25) is 5.91 Å². The van der Waals surface area contributed by atoms with Gasteiger partial charge < -0.3 is 15.5 Å². The van der Waals surface area contributed by atoms with Gasteiger partial charge in [-0.15, -0.1) is 0 Å². The Balaban J connectivity index is 2.35. The van der Waals surface area contributed by atoms with E-state index < -0.39 is 0 Å². The monoisotopic (exact) mass is 199 g/mol. The van der Waals surface area contributed by atoms with Crippen molar-refractivity contribution in [2.45, 2.75) is 38.4 Å². The SMILES string of the molecule is CNC(=O)[C@@H](C)NC1CC(C)N(C)C1. The van der Waals surface area contributed by atoms with Gasteiger partial charge in [0.25, 0.3) is 0 Å². The topological polar surface area (TPSA) is 44.4 Å². The number of likely N-dealkylation sites (tertiary alicyclic amines) is 1.